The molecule has 0 bridgehead atoms. The number of carbonyl (C=O) groups excluding carboxylic acids is 2. The predicted molar refractivity (Wildman–Crippen MR) is 168 cm³/mol. The number of morpholine rings is 1. The first-order chi connectivity index (χ1) is 22.5. The molecule has 1 N–H and O–H groups in total. The molecule has 6 aliphatic carbocycles. The summed E-state index contributed by atoms with van der Waals surface area (Å²) in [6, 6.07) is -2.14. The van der Waals surface area contributed by atoms with E-state index in [1.165, 1.54) is 56.9 Å². The van der Waals surface area contributed by atoms with Crippen LogP contribution in [0.2, 0.25) is 0 Å². The number of amides is 1. The number of halogens is 3. The highest BCUT2D eigenvalue weighted by molar-refractivity contribution is 5.76. The van der Waals surface area contributed by atoms with Gasteiger partial charge >= 0.3 is 6.18 Å². The van der Waals surface area contributed by atoms with Gasteiger partial charge < -0.3 is 23.9 Å². The van der Waals surface area contributed by atoms with Crippen molar-refractivity contribution in [2.75, 3.05) is 26.2 Å². The highest BCUT2D eigenvalue weighted by Crippen LogP contribution is 2.86. The first-order valence-electron chi connectivity index (χ1n) is 18.6. The Morgan fingerprint density at radius 1 is 1.06 bits per heavy atom. The van der Waals surface area contributed by atoms with Gasteiger partial charge in [-0.1, -0.05) is 13.0 Å². The molecule has 7 nitrogen and oxygen atoms in total. The van der Waals surface area contributed by atoms with E-state index in [1.807, 2.05) is 4.90 Å². The number of nitrogens with zero attached hydrogens (tertiary/aromatic N) is 1. The molecule has 47 heavy (non-hydrogen) atoms. The molecule has 0 aromatic rings. The topological polar surface area (TPSA) is 77.1 Å². The molecular weight excluding hydrogens is 609 g/mol. The Labute approximate surface area is 277 Å². The second-order valence-corrected chi connectivity index (χ2v) is 16.9. The Kier molecular flexibility index (Phi) is 8.21. The van der Waals surface area contributed by atoms with Gasteiger partial charge in [0.2, 0.25) is 5.91 Å². The quantitative estimate of drug-likeness (QED) is 0.247. The zero-order chi connectivity index (χ0) is 32.8. The minimum absolute atomic E-state index is 0.0478. The van der Waals surface area contributed by atoms with Crippen LogP contribution in [0.5, 0.6) is 0 Å². The van der Waals surface area contributed by atoms with E-state index in [4.69, 9.17) is 14.2 Å². The predicted octanol–water partition coefficient (Wildman–Crippen LogP) is 6.20. The number of rotatable bonds is 8. The van der Waals surface area contributed by atoms with Gasteiger partial charge in [-0.2, -0.15) is 13.2 Å². The van der Waals surface area contributed by atoms with E-state index in [2.05, 4.69) is 25.2 Å². The third kappa shape index (κ3) is 5.36. The number of aldehydes is 1. The molecule has 2 aliphatic heterocycles. The van der Waals surface area contributed by atoms with E-state index in [1.54, 1.807) is 0 Å². The molecule has 1 amide bonds. The summed E-state index contributed by atoms with van der Waals surface area (Å²) in [6.07, 6.45) is 11.3. The van der Waals surface area contributed by atoms with Crippen molar-refractivity contribution < 1.29 is 37.0 Å². The Morgan fingerprint density at radius 2 is 1.87 bits per heavy atom. The van der Waals surface area contributed by atoms with Crippen molar-refractivity contribution in [2.45, 2.75) is 134 Å². The molecule has 2 saturated heterocycles. The molecule has 0 aromatic carbocycles. The largest absolute Gasteiger partial charge is 0.410 e. The zero-order valence-corrected chi connectivity index (χ0v) is 28.1. The van der Waals surface area contributed by atoms with Gasteiger partial charge in [0.1, 0.15) is 6.29 Å². The van der Waals surface area contributed by atoms with E-state index in [9.17, 15) is 22.8 Å². The summed E-state index contributed by atoms with van der Waals surface area (Å²) in [7, 11) is 0. The Balaban J connectivity index is 0.918. The van der Waals surface area contributed by atoms with Gasteiger partial charge in [0, 0.05) is 19.5 Å². The maximum atomic E-state index is 13.1. The van der Waals surface area contributed by atoms with Gasteiger partial charge in [-0.15, -0.1) is 0 Å². The van der Waals surface area contributed by atoms with Crippen molar-refractivity contribution in [1.29, 1.82) is 0 Å². The lowest BCUT2D eigenvalue weighted by Gasteiger charge is -2.56. The van der Waals surface area contributed by atoms with Crippen LogP contribution in [-0.2, 0) is 23.8 Å². The average Bonchev–Trinajstić information content (AvgIpc) is 3.96. The van der Waals surface area contributed by atoms with E-state index in [-0.39, 0.29) is 48.8 Å². The number of alkyl halides is 3. The van der Waals surface area contributed by atoms with E-state index < -0.39 is 12.2 Å². The number of fused-ring (bicyclic) bond motifs is 4. The third-order valence-electron chi connectivity index (χ3n) is 14.9. The minimum atomic E-state index is -4.58. The lowest BCUT2D eigenvalue weighted by Crippen LogP contribution is -2.52. The average molecular weight is 663 g/mol. The van der Waals surface area contributed by atoms with Gasteiger partial charge in [-0.25, -0.2) is 0 Å². The van der Waals surface area contributed by atoms with Crippen molar-refractivity contribution in [3.05, 3.63) is 11.6 Å². The van der Waals surface area contributed by atoms with Crippen LogP contribution in [0.25, 0.3) is 0 Å². The fourth-order valence-corrected chi connectivity index (χ4v) is 12.5. The molecule has 10 heteroatoms. The monoisotopic (exact) mass is 662 g/mol. The summed E-state index contributed by atoms with van der Waals surface area (Å²) in [5.74, 6) is 3.09. The van der Waals surface area contributed by atoms with Crippen molar-refractivity contribution in [3.63, 3.8) is 0 Å². The fraction of sp³-hybridized carbons (Fsp3) is 0.892. The standard InChI is InChI=1S/C37H53F3N2O5/c1-3-24-25-8-9-26-28-17-30-27(7-6-23(46-30)18-41-31(20-43)37(38,39)40)34(28,2)12-13-36(26)21-35(25,36)11-10-29(24)47-33-19-42(14-15-45-33)32(44)16-22-4-5-22/h3,20,22-23,25-31,33,41H,4-19,21H2,1-2H3/b24-3-. The minimum Gasteiger partial charge on any atom is -0.373 e. The summed E-state index contributed by atoms with van der Waals surface area (Å²) in [5.41, 5.74) is 2.40. The van der Waals surface area contributed by atoms with Crippen LogP contribution in [-0.4, -0.2) is 80.2 Å². The molecule has 0 radical (unpaired) electrons. The molecule has 12 atom stereocenters. The summed E-state index contributed by atoms with van der Waals surface area (Å²) < 4.78 is 58.8. The molecule has 6 saturated carbocycles. The second kappa shape index (κ2) is 11.8. The van der Waals surface area contributed by atoms with Crippen LogP contribution in [0, 0.1) is 45.8 Å². The first kappa shape index (κ1) is 32.7. The van der Waals surface area contributed by atoms with Crippen molar-refractivity contribution in [2.24, 2.45) is 45.8 Å². The van der Waals surface area contributed by atoms with Crippen LogP contribution in [0.4, 0.5) is 13.2 Å². The molecule has 8 aliphatic rings. The maximum Gasteiger partial charge on any atom is 0.410 e. The number of carbonyl (C=O) groups is 2. The third-order valence-corrected chi connectivity index (χ3v) is 14.9. The summed E-state index contributed by atoms with van der Waals surface area (Å²) in [5, 5.41) is 2.42. The lowest BCUT2D eigenvalue weighted by molar-refractivity contribution is -0.205. The van der Waals surface area contributed by atoms with Crippen LogP contribution in [0.1, 0.15) is 97.3 Å². The number of hydrogen-bond acceptors (Lipinski definition) is 6. The SMILES string of the molecule is C/C=C1\C(OC2CN(C(=O)CC3CC3)CCO2)CCC23CC24CCC2(C)C5CCC(CNC(C=O)C(F)(F)F)OC5CC2C4CCC13. The van der Waals surface area contributed by atoms with Crippen molar-refractivity contribution in [3.8, 4) is 0 Å². The molecule has 2 heterocycles. The van der Waals surface area contributed by atoms with Gasteiger partial charge in [0.05, 0.1) is 31.5 Å². The van der Waals surface area contributed by atoms with Crippen molar-refractivity contribution in [1.82, 2.24) is 10.2 Å². The summed E-state index contributed by atoms with van der Waals surface area (Å²) in [4.78, 5) is 25.8. The van der Waals surface area contributed by atoms with Crippen LogP contribution in [0.3, 0.4) is 0 Å². The summed E-state index contributed by atoms with van der Waals surface area (Å²) >= 11 is 0. The number of nitrogens with one attached hydrogen (secondary N) is 1. The lowest BCUT2D eigenvalue weighted by atomic mass is 9.49. The number of hydrogen-bond donors (Lipinski definition) is 1. The molecule has 12 unspecified atom stereocenters. The van der Waals surface area contributed by atoms with Crippen molar-refractivity contribution >= 4 is 12.2 Å². The van der Waals surface area contributed by atoms with Gasteiger partial charge in [-0.3, -0.25) is 10.1 Å². The molecule has 2 spiro atoms. The highest BCUT2D eigenvalue weighted by Gasteiger charge is 2.79. The molecule has 262 valence electrons. The fourth-order valence-electron chi connectivity index (χ4n) is 12.5. The van der Waals surface area contributed by atoms with Gasteiger partial charge in [-0.05, 0) is 135 Å². The molecular formula is C37H53F3N2O5. The summed E-state index contributed by atoms with van der Waals surface area (Å²) in [6.45, 7) is 6.45. The van der Waals surface area contributed by atoms with E-state index >= 15 is 0 Å². The second-order valence-electron chi connectivity index (χ2n) is 16.9. The Bertz CT molecular complexity index is 1270. The Hall–Kier alpha value is -1.49. The smallest absolute Gasteiger partial charge is 0.373 e. The highest BCUT2D eigenvalue weighted by atomic mass is 19.4. The Morgan fingerprint density at radius 3 is 2.62 bits per heavy atom. The molecule has 8 rings (SSSR count). The zero-order valence-electron chi connectivity index (χ0n) is 28.1. The number of ether oxygens (including phenoxy) is 3. The first-order valence-corrected chi connectivity index (χ1v) is 18.6. The van der Waals surface area contributed by atoms with Crippen LogP contribution in [0.15, 0.2) is 11.6 Å². The van der Waals surface area contributed by atoms with Crippen LogP contribution < -0.4 is 5.32 Å². The van der Waals surface area contributed by atoms with Gasteiger partial charge in [0.15, 0.2) is 12.3 Å². The molecule has 0 aromatic heterocycles. The molecule has 8 fully saturated rings. The number of allylic oxidation sites excluding steroid dienone is 1. The van der Waals surface area contributed by atoms with E-state index in [0.717, 1.165) is 25.7 Å². The van der Waals surface area contributed by atoms with Crippen LogP contribution >= 0.6 is 0 Å². The maximum absolute atomic E-state index is 13.1. The van der Waals surface area contributed by atoms with E-state index in [0.29, 0.717) is 66.5 Å². The normalized spacial score (nSPS) is 47.3. The van der Waals surface area contributed by atoms with Gasteiger partial charge in [0.25, 0.3) is 0 Å².